The van der Waals surface area contributed by atoms with Gasteiger partial charge in [0.25, 0.3) is 11.8 Å². The normalized spacial score (nSPS) is 12.0. The highest BCUT2D eigenvalue weighted by Crippen LogP contribution is 2.29. The van der Waals surface area contributed by atoms with Gasteiger partial charge in [-0.1, -0.05) is 61.0 Å². The fraction of sp³-hybridized carbons (Fsp3) is 0.0882. The Morgan fingerprint density at radius 3 is 2.37 bits per heavy atom. The number of benzene rings is 4. The van der Waals surface area contributed by atoms with Crippen molar-refractivity contribution in [2.45, 2.75) is 23.5 Å². The molecule has 216 valence electrons. The lowest BCUT2D eigenvalue weighted by atomic mass is 10.1. The first-order chi connectivity index (χ1) is 20.9. The number of rotatable bonds is 10. The summed E-state index contributed by atoms with van der Waals surface area (Å²) in [6.07, 6.45) is 4.05. The van der Waals surface area contributed by atoms with Crippen LogP contribution in [-0.4, -0.2) is 28.0 Å². The third-order valence-corrected chi connectivity index (χ3v) is 8.21. The van der Waals surface area contributed by atoms with E-state index in [1.165, 1.54) is 11.8 Å². The largest absolute Gasteiger partial charge is 0.361 e. The van der Waals surface area contributed by atoms with Gasteiger partial charge < -0.3 is 20.9 Å². The molecule has 1 atom stereocenters. The molecular formula is C34H29ClN4O3S. The van der Waals surface area contributed by atoms with E-state index in [1.54, 1.807) is 66.9 Å². The van der Waals surface area contributed by atoms with E-state index >= 15 is 0 Å². The molecule has 0 saturated carbocycles. The Morgan fingerprint density at radius 2 is 1.60 bits per heavy atom. The van der Waals surface area contributed by atoms with E-state index < -0.39 is 11.8 Å². The Kier molecular flexibility index (Phi) is 9.61. The Bertz CT molecular complexity index is 1780. The van der Waals surface area contributed by atoms with Crippen LogP contribution in [0.15, 0.2) is 120 Å². The van der Waals surface area contributed by atoms with Crippen LogP contribution in [0.4, 0.5) is 11.4 Å². The second-order valence-corrected chi connectivity index (χ2v) is 11.4. The van der Waals surface area contributed by atoms with Gasteiger partial charge in [-0.05, 0) is 73.2 Å². The maximum absolute atomic E-state index is 13.6. The maximum Gasteiger partial charge on any atom is 0.272 e. The summed E-state index contributed by atoms with van der Waals surface area (Å²) in [5, 5.41) is 9.78. The fourth-order valence-corrected chi connectivity index (χ4v) is 5.54. The van der Waals surface area contributed by atoms with Gasteiger partial charge >= 0.3 is 0 Å². The monoisotopic (exact) mass is 608 g/mol. The first kappa shape index (κ1) is 29.7. The molecule has 0 aliphatic rings. The number of aromatic amines is 1. The van der Waals surface area contributed by atoms with Crippen LogP contribution in [0.2, 0.25) is 5.02 Å². The van der Waals surface area contributed by atoms with Crippen molar-refractivity contribution < 1.29 is 14.4 Å². The van der Waals surface area contributed by atoms with Crippen molar-refractivity contribution in [3.8, 4) is 0 Å². The number of para-hydroxylation sites is 1. The Balaban J connectivity index is 1.34. The number of hydrogen-bond acceptors (Lipinski definition) is 4. The molecule has 0 fully saturated rings. The van der Waals surface area contributed by atoms with Gasteiger partial charge in [-0.25, -0.2) is 0 Å². The summed E-state index contributed by atoms with van der Waals surface area (Å²) in [6.45, 7) is 1.95. The molecular weight excluding hydrogens is 580 g/mol. The Labute approximate surface area is 258 Å². The number of amides is 3. The smallest absolute Gasteiger partial charge is 0.272 e. The van der Waals surface area contributed by atoms with E-state index in [0.29, 0.717) is 28.4 Å². The summed E-state index contributed by atoms with van der Waals surface area (Å²) in [7, 11) is 0. The predicted molar refractivity (Wildman–Crippen MR) is 175 cm³/mol. The standard InChI is InChI=1S/C34H29ClN4O3S/c1-2-31(34(42)37-25-17-15-24(35)16-18-25)43-27-12-8-11-26(20-27)38-33(41)30(39-32(40)22-9-4-3-5-10-22)19-23-21-36-29-14-7-6-13-28(23)29/h3-21,31,36H,2H2,1H3,(H,37,42)(H,38,41)(H,39,40)/b30-19-. The number of anilines is 2. The first-order valence-electron chi connectivity index (χ1n) is 13.7. The number of hydrogen-bond donors (Lipinski definition) is 4. The van der Waals surface area contributed by atoms with E-state index in [1.807, 2.05) is 55.5 Å². The number of halogens is 1. The van der Waals surface area contributed by atoms with Crippen molar-refractivity contribution in [1.29, 1.82) is 0 Å². The summed E-state index contributed by atoms with van der Waals surface area (Å²) in [5.41, 5.74) is 3.39. The van der Waals surface area contributed by atoms with Crippen molar-refractivity contribution in [1.82, 2.24) is 10.3 Å². The van der Waals surface area contributed by atoms with Crippen LogP contribution in [-0.2, 0) is 9.59 Å². The van der Waals surface area contributed by atoms with E-state index in [-0.39, 0.29) is 16.9 Å². The number of nitrogens with one attached hydrogen (secondary N) is 4. The SMILES string of the molecule is CCC(Sc1cccc(NC(=O)/C(=C/c2c[nH]c3ccccc23)NC(=O)c2ccccc2)c1)C(=O)Nc1ccc(Cl)cc1. The highest BCUT2D eigenvalue weighted by molar-refractivity contribution is 8.00. The lowest BCUT2D eigenvalue weighted by Crippen LogP contribution is -2.30. The van der Waals surface area contributed by atoms with Crippen molar-refractivity contribution >= 4 is 69.4 Å². The summed E-state index contributed by atoms with van der Waals surface area (Å²) < 4.78 is 0. The van der Waals surface area contributed by atoms with Crippen LogP contribution < -0.4 is 16.0 Å². The minimum Gasteiger partial charge on any atom is -0.361 e. The molecule has 4 N–H and O–H groups in total. The molecule has 7 nitrogen and oxygen atoms in total. The molecule has 0 bridgehead atoms. The van der Waals surface area contributed by atoms with Crippen LogP contribution >= 0.6 is 23.4 Å². The summed E-state index contributed by atoms with van der Waals surface area (Å²) >= 11 is 7.36. The van der Waals surface area contributed by atoms with Crippen LogP contribution in [0.5, 0.6) is 0 Å². The van der Waals surface area contributed by atoms with Gasteiger partial charge in [0.05, 0.1) is 5.25 Å². The highest BCUT2D eigenvalue weighted by Gasteiger charge is 2.20. The zero-order valence-electron chi connectivity index (χ0n) is 23.3. The van der Waals surface area contributed by atoms with Gasteiger partial charge in [-0.15, -0.1) is 11.8 Å². The average molecular weight is 609 g/mol. The van der Waals surface area contributed by atoms with Crippen molar-refractivity contribution in [3.05, 3.63) is 131 Å². The molecule has 0 aliphatic carbocycles. The molecule has 5 rings (SSSR count). The molecule has 4 aromatic carbocycles. The van der Waals surface area contributed by atoms with Crippen LogP contribution in [0.25, 0.3) is 17.0 Å². The number of thioether (sulfide) groups is 1. The van der Waals surface area contributed by atoms with Gasteiger partial charge in [0, 0.05) is 49.5 Å². The van der Waals surface area contributed by atoms with Crippen LogP contribution in [0, 0.1) is 0 Å². The molecule has 9 heteroatoms. The minimum absolute atomic E-state index is 0.0884. The third-order valence-electron chi connectivity index (χ3n) is 6.60. The van der Waals surface area contributed by atoms with Gasteiger partial charge in [-0.2, -0.15) is 0 Å². The van der Waals surface area contributed by atoms with Gasteiger partial charge in [0.15, 0.2) is 0 Å². The first-order valence-corrected chi connectivity index (χ1v) is 14.9. The second kappa shape index (κ2) is 13.9. The summed E-state index contributed by atoms with van der Waals surface area (Å²) in [4.78, 5) is 43.6. The molecule has 1 unspecified atom stereocenters. The quantitative estimate of drug-likeness (QED) is 0.0961. The van der Waals surface area contributed by atoms with Crippen molar-refractivity contribution in [3.63, 3.8) is 0 Å². The van der Waals surface area contributed by atoms with E-state index in [2.05, 4.69) is 20.9 Å². The molecule has 0 saturated heterocycles. The van der Waals surface area contributed by atoms with Crippen LogP contribution in [0.1, 0.15) is 29.3 Å². The average Bonchev–Trinajstić information content (AvgIpc) is 3.43. The lowest BCUT2D eigenvalue weighted by Gasteiger charge is -2.16. The molecule has 1 aromatic heterocycles. The van der Waals surface area contributed by atoms with Crippen molar-refractivity contribution in [2.75, 3.05) is 10.6 Å². The molecule has 1 heterocycles. The van der Waals surface area contributed by atoms with Crippen molar-refractivity contribution in [2.24, 2.45) is 0 Å². The molecule has 43 heavy (non-hydrogen) atoms. The van der Waals surface area contributed by atoms with Gasteiger partial charge in [-0.3, -0.25) is 14.4 Å². The molecule has 0 radical (unpaired) electrons. The molecule has 5 aromatic rings. The second-order valence-electron chi connectivity index (χ2n) is 9.66. The Morgan fingerprint density at radius 1 is 0.860 bits per heavy atom. The number of carbonyl (C=O) groups excluding carboxylic acids is 3. The third kappa shape index (κ3) is 7.74. The number of aromatic nitrogens is 1. The zero-order chi connectivity index (χ0) is 30.2. The highest BCUT2D eigenvalue weighted by atomic mass is 35.5. The molecule has 0 aliphatic heterocycles. The van der Waals surface area contributed by atoms with Gasteiger partial charge in [0.1, 0.15) is 5.70 Å². The molecule has 0 spiro atoms. The number of carbonyl (C=O) groups is 3. The van der Waals surface area contributed by atoms with E-state index in [4.69, 9.17) is 11.6 Å². The number of fused-ring (bicyclic) bond motifs is 1. The topological polar surface area (TPSA) is 103 Å². The maximum atomic E-state index is 13.6. The van der Waals surface area contributed by atoms with E-state index in [0.717, 1.165) is 21.4 Å². The Hall–Kier alpha value is -4.79. The lowest BCUT2D eigenvalue weighted by molar-refractivity contribution is -0.116. The summed E-state index contributed by atoms with van der Waals surface area (Å²) in [6, 6.07) is 30.7. The predicted octanol–water partition coefficient (Wildman–Crippen LogP) is 7.74. The number of H-pyrrole nitrogens is 1. The van der Waals surface area contributed by atoms with Gasteiger partial charge in [0.2, 0.25) is 5.91 Å². The summed E-state index contributed by atoms with van der Waals surface area (Å²) in [5.74, 6) is -1.01. The van der Waals surface area contributed by atoms with Crippen LogP contribution in [0.3, 0.4) is 0 Å². The fourth-order valence-electron chi connectivity index (χ4n) is 4.40. The molecule has 3 amide bonds. The van der Waals surface area contributed by atoms with E-state index in [9.17, 15) is 14.4 Å². The minimum atomic E-state index is -0.482. The zero-order valence-corrected chi connectivity index (χ0v) is 24.8.